The summed E-state index contributed by atoms with van der Waals surface area (Å²) >= 11 is 11.8. The number of rotatable bonds is 4. The van der Waals surface area contributed by atoms with Gasteiger partial charge in [0.2, 0.25) is 0 Å². The third-order valence-electron chi connectivity index (χ3n) is 2.34. The van der Waals surface area contributed by atoms with E-state index in [-0.39, 0.29) is 17.4 Å². The van der Waals surface area contributed by atoms with Crippen LogP contribution in [0.15, 0.2) is 30.3 Å². The summed E-state index contributed by atoms with van der Waals surface area (Å²) in [6.07, 6.45) is 0. The van der Waals surface area contributed by atoms with Gasteiger partial charge in [-0.2, -0.15) is 0 Å². The van der Waals surface area contributed by atoms with Crippen molar-refractivity contribution in [2.75, 3.05) is 5.43 Å². The maximum Gasteiger partial charge on any atom is 0.174 e. The summed E-state index contributed by atoms with van der Waals surface area (Å²) in [5.74, 6) is 5.10. The minimum Gasteiger partial charge on any atom is -0.483 e. The minimum atomic E-state index is -0.545. The zero-order chi connectivity index (χ0) is 13.8. The van der Waals surface area contributed by atoms with Crippen LogP contribution in [0.25, 0.3) is 0 Å². The Bertz CT molecular complexity index is 575. The summed E-state index contributed by atoms with van der Waals surface area (Å²) < 4.78 is 18.8. The second-order valence-corrected chi connectivity index (χ2v) is 4.42. The highest BCUT2D eigenvalue weighted by molar-refractivity contribution is 6.32. The van der Waals surface area contributed by atoms with E-state index < -0.39 is 5.82 Å². The molecule has 0 amide bonds. The van der Waals surface area contributed by atoms with E-state index in [1.807, 2.05) is 0 Å². The molecule has 0 aliphatic carbocycles. The fourth-order valence-electron chi connectivity index (χ4n) is 1.43. The van der Waals surface area contributed by atoms with Crippen LogP contribution in [0, 0.1) is 5.82 Å². The van der Waals surface area contributed by atoms with E-state index in [0.717, 1.165) is 0 Å². The first-order chi connectivity index (χ1) is 9.11. The van der Waals surface area contributed by atoms with Crippen LogP contribution in [-0.2, 0) is 6.61 Å². The van der Waals surface area contributed by atoms with Crippen molar-refractivity contribution in [1.29, 1.82) is 0 Å². The lowest BCUT2D eigenvalue weighted by Crippen LogP contribution is -2.10. The molecule has 1 aromatic heterocycles. The standard InChI is InChI=1S/C12H10Cl2FN3O/c13-7-4-5-11(18-16)17-10(7)6-19-12-8(14)2-1-3-9(12)15/h1-5H,6,16H2,(H,17,18). The van der Waals surface area contributed by atoms with Gasteiger partial charge < -0.3 is 10.2 Å². The summed E-state index contributed by atoms with van der Waals surface area (Å²) in [7, 11) is 0. The number of hydrazine groups is 1. The van der Waals surface area contributed by atoms with Crippen molar-refractivity contribution in [1.82, 2.24) is 4.98 Å². The van der Waals surface area contributed by atoms with Crippen molar-refractivity contribution in [2.24, 2.45) is 5.84 Å². The number of nitrogens with one attached hydrogen (secondary N) is 1. The maximum atomic E-state index is 13.5. The molecule has 0 spiro atoms. The van der Waals surface area contributed by atoms with Crippen LogP contribution in [0.1, 0.15) is 5.69 Å². The average molecular weight is 302 g/mol. The van der Waals surface area contributed by atoms with Gasteiger partial charge in [-0.15, -0.1) is 0 Å². The van der Waals surface area contributed by atoms with Gasteiger partial charge in [0.15, 0.2) is 11.6 Å². The van der Waals surface area contributed by atoms with Crippen LogP contribution in [-0.4, -0.2) is 4.98 Å². The topological polar surface area (TPSA) is 60.2 Å². The molecule has 0 radical (unpaired) electrons. The summed E-state index contributed by atoms with van der Waals surface area (Å²) in [6.45, 7) is -0.0188. The van der Waals surface area contributed by atoms with Crippen LogP contribution in [0.3, 0.4) is 0 Å². The molecule has 0 aliphatic heterocycles. The van der Waals surface area contributed by atoms with Gasteiger partial charge in [-0.05, 0) is 24.3 Å². The van der Waals surface area contributed by atoms with Crippen molar-refractivity contribution < 1.29 is 9.13 Å². The lowest BCUT2D eigenvalue weighted by atomic mass is 10.3. The second-order valence-electron chi connectivity index (χ2n) is 3.61. The summed E-state index contributed by atoms with van der Waals surface area (Å²) in [4.78, 5) is 4.11. The first-order valence-corrected chi connectivity index (χ1v) is 6.06. The Morgan fingerprint density at radius 3 is 2.68 bits per heavy atom. The smallest absolute Gasteiger partial charge is 0.174 e. The van der Waals surface area contributed by atoms with Crippen LogP contribution in [0.4, 0.5) is 10.2 Å². The van der Waals surface area contributed by atoms with Crippen molar-refractivity contribution in [3.8, 4) is 5.75 Å². The molecule has 2 aromatic rings. The summed E-state index contributed by atoms with van der Waals surface area (Å²) in [5, 5.41) is 0.579. The van der Waals surface area contributed by atoms with E-state index in [2.05, 4.69) is 10.4 Å². The zero-order valence-electron chi connectivity index (χ0n) is 9.66. The Morgan fingerprint density at radius 2 is 2.00 bits per heavy atom. The number of nitrogens with zero attached hydrogens (tertiary/aromatic N) is 1. The molecule has 0 bridgehead atoms. The Kier molecular flexibility index (Phi) is 4.42. The van der Waals surface area contributed by atoms with E-state index in [1.54, 1.807) is 12.1 Å². The average Bonchev–Trinajstić information content (AvgIpc) is 2.40. The van der Waals surface area contributed by atoms with Crippen molar-refractivity contribution in [3.63, 3.8) is 0 Å². The molecular formula is C12H10Cl2FN3O. The molecule has 7 heteroatoms. The lowest BCUT2D eigenvalue weighted by molar-refractivity contribution is 0.286. The van der Waals surface area contributed by atoms with Crippen LogP contribution >= 0.6 is 23.2 Å². The number of hydrogen-bond acceptors (Lipinski definition) is 4. The van der Waals surface area contributed by atoms with E-state index in [9.17, 15) is 4.39 Å². The van der Waals surface area contributed by atoms with Gasteiger partial charge >= 0.3 is 0 Å². The Balaban J connectivity index is 2.19. The molecule has 1 heterocycles. The van der Waals surface area contributed by atoms with Crippen molar-refractivity contribution in [2.45, 2.75) is 6.61 Å². The third-order valence-corrected chi connectivity index (χ3v) is 2.98. The number of halogens is 3. The number of pyridine rings is 1. The normalized spacial score (nSPS) is 10.3. The number of aromatic nitrogens is 1. The number of nitrogens with two attached hydrogens (primary N) is 1. The molecule has 0 unspecified atom stereocenters. The SMILES string of the molecule is NNc1ccc(Cl)c(COc2c(F)cccc2Cl)n1. The highest BCUT2D eigenvalue weighted by Gasteiger charge is 2.10. The Labute approximate surface area is 119 Å². The molecule has 0 saturated heterocycles. The highest BCUT2D eigenvalue weighted by Crippen LogP contribution is 2.28. The molecular weight excluding hydrogens is 292 g/mol. The van der Waals surface area contributed by atoms with E-state index in [1.165, 1.54) is 18.2 Å². The molecule has 0 fully saturated rings. The molecule has 2 rings (SSSR count). The molecule has 100 valence electrons. The zero-order valence-corrected chi connectivity index (χ0v) is 11.2. The molecule has 4 nitrogen and oxygen atoms in total. The number of ether oxygens (including phenoxy) is 1. The molecule has 0 aliphatic rings. The van der Waals surface area contributed by atoms with Gasteiger partial charge in [-0.1, -0.05) is 29.3 Å². The summed E-state index contributed by atoms with van der Waals surface area (Å²) in [6, 6.07) is 7.52. The predicted octanol–water partition coefficient (Wildman–Crippen LogP) is 3.39. The highest BCUT2D eigenvalue weighted by atomic mass is 35.5. The number of benzene rings is 1. The lowest BCUT2D eigenvalue weighted by Gasteiger charge is -2.10. The van der Waals surface area contributed by atoms with Crippen LogP contribution in [0.5, 0.6) is 5.75 Å². The largest absolute Gasteiger partial charge is 0.483 e. The molecule has 19 heavy (non-hydrogen) atoms. The van der Waals surface area contributed by atoms with Gasteiger partial charge in [0.05, 0.1) is 15.7 Å². The minimum absolute atomic E-state index is 0.0188. The number of anilines is 1. The quantitative estimate of drug-likeness (QED) is 0.671. The fraction of sp³-hybridized carbons (Fsp3) is 0.0833. The van der Waals surface area contributed by atoms with E-state index >= 15 is 0 Å². The first-order valence-electron chi connectivity index (χ1n) is 5.30. The van der Waals surface area contributed by atoms with Crippen LogP contribution in [0.2, 0.25) is 10.0 Å². The maximum absolute atomic E-state index is 13.5. The van der Waals surface area contributed by atoms with Crippen LogP contribution < -0.4 is 16.0 Å². The molecule has 0 atom stereocenters. The fourth-order valence-corrected chi connectivity index (χ4v) is 1.80. The Morgan fingerprint density at radius 1 is 1.21 bits per heavy atom. The van der Waals surface area contributed by atoms with E-state index in [0.29, 0.717) is 16.5 Å². The van der Waals surface area contributed by atoms with Crippen molar-refractivity contribution in [3.05, 3.63) is 51.9 Å². The number of para-hydroxylation sites is 1. The Hall–Kier alpha value is -1.56. The van der Waals surface area contributed by atoms with E-state index in [4.69, 9.17) is 33.8 Å². The van der Waals surface area contributed by atoms with Gasteiger partial charge in [-0.3, -0.25) is 0 Å². The van der Waals surface area contributed by atoms with Gasteiger partial charge in [0.25, 0.3) is 0 Å². The van der Waals surface area contributed by atoms with Crippen molar-refractivity contribution >= 4 is 29.0 Å². The second kappa shape index (κ2) is 6.06. The molecule has 3 N–H and O–H groups in total. The van der Waals surface area contributed by atoms with Gasteiger partial charge in [0, 0.05) is 0 Å². The summed E-state index contributed by atoms with van der Waals surface area (Å²) in [5.41, 5.74) is 2.82. The number of hydrogen-bond donors (Lipinski definition) is 2. The molecule has 0 saturated carbocycles. The van der Waals surface area contributed by atoms with Gasteiger partial charge in [0.1, 0.15) is 12.4 Å². The third kappa shape index (κ3) is 3.26. The number of nitrogen functional groups attached to an aromatic ring is 1. The van der Waals surface area contributed by atoms with Gasteiger partial charge in [-0.25, -0.2) is 15.2 Å². The monoisotopic (exact) mass is 301 g/mol. The molecule has 1 aromatic carbocycles. The first kappa shape index (κ1) is 13.9. The predicted molar refractivity (Wildman–Crippen MR) is 72.8 cm³/mol.